The van der Waals surface area contributed by atoms with Gasteiger partial charge in [-0.2, -0.15) is 5.26 Å². The number of hydrogen-bond acceptors (Lipinski definition) is 6. The summed E-state index contributed by atoms with van der Waals surface area (Å²) < 4.78 is 4.97. The van der Waals surface area contributed by atoms with Crippen LogP contribution in [0.4, 0.5) is 0 Å². The number of aromatic hydroxyl groups is 1. The minimum atomic E-state index is -0.732. The summed E-state index contributed by atoms with van der Waals surface area (Å²) in [5, 5.41) is 28.8. The molecule has 3 N–H and O–H groups in total. The van der Waals surface area contributed by atoms with Crippen LogP contribution >= 0.6 is 0 Å². The number of nitrogens with zero attached hydrogens (tertiary/aromatic N) is 2. The monoisotopic (exact) mass is 335 g/mol. The van der Waals surface area contributed by atoms with Gasteiger partial charge in [0.1, 0.15) is 24.0 Å². The molecule has 0 aliphatic carbocycles. The number of allylic oxidation sites excluding steroid dienone is 1. The van der Waals surface area contributed by atoms with E-state index in [2.05, 4.69) is 9.97 Å². The molecule has 2 aromatic carbocycles. The Morgan fingerprint density at radius 2 is 2.04 bits per heavy atom. The Morgan fingerprint density at radius 1 is 1.24 bits per heavy atom. The number of H-pyrrole nitrogens is 1. The van der Waals surface area contributed by atoms with Crippen LogP contribution in [0.15, 0.2) is 54.3 Å². The number of nitrogens with one attached hydrogen (secondary N) is 1. The van der Waals surface area contributed by atoms with Gasteiger partial charge in [-0.25, -0.2) is 9.78 Å². The van der Waals surface area contributed by atoms with E-state index < -0.39 is 18.3 Å². The number of aromatic nitrogens is 2. The maximum Gasteiger partial charge on any atom is 0.338 e. The number of aromatic amines is 1. The SMILES string of the molecule is N#CC(=C(O)COC(=O)c1cccc(O)c1)c1nc2ccccc2[nH]1. The molecular formula is C18H13N3O4. The molecule has 3 rings (SSSR count). The van der Waals surface area contributed by atoms with Gasteiger partial charge >= 0.3 is 5.97 Å². The van der Waals surface area contributed by atoms with Crippen molar-refractivity contribution in [2.45, 2.75) is 0 Å². The standard InChI is InChI=1S/C18H13N3O4/c19-9-13(17-20-14-6-1-2-7-15(14)21-17)16(23)10-25-18(24)11-4-3-5-12(22)8-11/h1-8,22-23H,10H2,(H,20,21). The Bertz CT molecular complexity index is 981. The van der Waals surface area contributed by atoms with Crippen LogP contribution < -0.4 is 0 Å². The van der Waals surface area contributed by atoms with Crippen LogP contribution in [0.25, 0.3) is 16.6 Å². The Kier molecular flexibility index (Phi) is 4.35. The molecule has 0 saturated carbocycles. The van der Waals surface area contributed by atoms with Gasteiger partial charge in [-0.15, -0.1) is 0 Å². The van der Waals surface area contributed by atoms with Gasteiger partial charge in [-0.3, -0.25) is 0 Å². The highest BCUT2D eigenvalue weighted by Crippen LogP contribution is 2.19. The molecule has 3 aromatic rings. The highest BCUT2D eigenvalue weighted by atomic mass is 16.5. The van der Waals surface area contributed by atoms with Crippen molar-refractivity contribution in [3.8, 4) is 11.8 Å². The van der Waals surface area contributed by atoms with E-state index in [-0.39, 0.29) is 22.7 Å². The van der Waals surface area contributed by atoms with E-state index in [4.69, 9.17) is 4.74 Å². The predicted molar refractivity (Wildman–Crippen MR) is 89.6 cm³/mol. The lowest BCUT2D eigenvalue weighted by Gasteiger charge is -2.05. The highest BCUT2D eigenvalue weighted by Gasteiger charge is 2.15. The summed E-state index contributed by atoms with van der Waals surface area (Å²) in [5.74, 6) is -1.04. The zero-order valence-electron chi connectivity index (χ0n) is 12.9. The number of hydrogen-bond donors (Lipinski definition) is 3. The molecule has 0 fully saturated rings. The molecule has 0 saturated heterocycles. The molecule has 0 spiro atoms. The third-order valence-electron chi connectivity index (χ3n) is 3.45. The lowest BCUT2D eigenvalue weighted by Crippen LogP contribution is -2.09. The molecule has 0 bridgehead atoms. The molecule has 1 heterocycles. The fourth-order valence-corrected chi connectivity index (χ4v) is 2.25. The van der Waals surface area contributed by atoms with Gasteiger partial charge in [-0.1, -0.05) is 18.2 Å². The van der Waals surface area contributed by atoms with E-state index >= 15 is 0 Å². The fourth-order valence-electron chi connectivity index (χ4n) is 2.25. The van der Waals surface area contributed by atoms with Crippen LogP contribution in [0.2, 0.25) is 0 Å². The number of carbonyl (C=O) groups is 1. The average Bonchev–Trinajstić information content (AvgIpc) is 3.03. The van der Waals surface area contributed by atoms with Crippen LogP contribution in [-0.4, -0.2) is 32.8 Å². The number of para-hydroxylation sites is 2. The highest BCUT2D eigenvalue weighted by molar-refractivity contribution is 5.90. The molecule has 7 heteroatoms. The van der Waals surface area contributed by atoms with Gasteiger partial charge in [0.15, 0.2) is 11.6 Å². The summed E-state index contributed by atoms with van der Waals surface area (Å²) in [4.78, 5) is 19.1. The zero-order chi connectivity index (χ0) is 17.8. The van der Waals surface area contributed by atoms with E-state index in [0.29, 0.717) is 5.52 Å². The second-order valence-corrected chi connectivity index (χ2v) is 5.16. The number of aliphatic hydroxyl groups excluding tert-OH is 1. The lowest BCUT2D eigenvalue weighted by atomic mass is 10.2. The van der Waals surface area contributed by atoms with Crippen molar-refractivity contribution in [2.24, 2.45) is 0 Å². The van der Waals surface area contributed by atoms with Crippen molar-refractivity contribution in [3.05, 3.63) is 65.7 Å². The van der Waals surface area contributed by atoms with Crippen molar-refractivity contribution in [1.29, 1.82) is 5.26 Å². The summed E-state index contributed by atoms with van der Waals surface area (Å²) in [6.07, 6.45) is 0. The van der Waals surface area contributed by atoms with Crippen molar-refractivity contribution in [1.82, 2.24) is 9.97 Å². The van der Waals surface area contributed by atoms with E-state index in [1.165, 1.54) is 24.3 Å². The summed E-state index contributed by atoms with van der Waals surface area (Å²) in [6.45, 7) is -0.492. The Balaban J connectivity index is 1.80. The van der Waals surface area contributed by atoms with Crippen LogP contribution in [0, 0.1) is 11.3 Å². The number of imidazole rings is 1. The van der Waals surface area contributed by atoms with E-state index in [1.54, 1.807) is 18.2 Å². The molecule has 7 nitrogen and oxygen atoms in total. The van der Waals surface area contributed by atoms with Crippen LogP contribution in [0.1, 0.15) is 16.2 Å². The van der Waals surface area contributed by atoms with Crippen LogP contribution in [0.5, 0.6) is 5.75 Å². The molecule has 0 unspecified atom stereocenters. The maximum atomic E-state index is 11.9. The van der Waals surface area contributed by atoms with Crippen molar-refractivity contribution >= 4 is 22.6 Å². The smallest absolute Gasteiger partial charge is 0.338 e. The number of esters is 1. The second kappa shape index (κ2) is 6.76. The molecule has 0 radical (unpaired) electrons. The second-order valence-electron chi connectivity index (χ2n) is 5.16. The number of aliphatic hydroxyl groups is 1. The van der Waals surface area contributed by atoms with Crippen LogP contribution in [0.3, 0.4) is 0 Å². The van der Waals surface area contributed by atoms with Crippen molar-refractivity contribution in [3.63, 3.8) is 0 Å². The largest absolute Gasteiger partial charge is 0.508 e. The maximum absolute atomic E-state index is 11.9. The van der Waals surface area contributed by atoms with E-state index in [1.807, 2.05) is 12.1 Å². The summed E-state index contributed by atoms with van der Waals surface area (Å²) in [7, 11) is 0. The Morgan fingerprint density at radius 3 is 2.76 bits per heavy atom. The number of nitriles is 1. The zero-order valence-corrected chi connectivity index (χ0v) is 12.9. The molecule has 0 aliphatic rings. The Hall–Kier alpha value is -3.79. The fraction of sp³-hybridized carbons (Fsp3) is 0.0556. The van der Waals surface area contributed by atoms with E-state index in [0.717, 1.165) is 5.52 Å². The topological polar surface area (TPSA) is 119 Å². The molecule has 0 amide bonds. The number of phenolic OH excluding ortho intramolecular Hbond substituents is 1. The number of carbonyl (C=O) groups excluding carboxylic acids is 1. The Labute approximate surface area is 142 Å². The summed E-state index contributed by atoms with van der Waals surface area (Å²) >= 11 is 0. The molecule has 124 valence electrons. The number of phenols is 1. The number of rotatable bonds is 4. The van der Waals surface area contributed by atoms with Gasteiger partial charge < -0.3 is 19.9 Å². The summed E-state index contributed by atoms with van der Waals surface area (Å²) in [5.41, 5.74) is 1.39. The first-order chi connectivity index (χ1) is 12.1. The van der Waals surface area contributed by atoms with Gasteiger partial charge in [0.25, 0.3) is 0 Å². The third kappa shape index (κ3) is 3.43. The minimum absolute atomic E-state index is 0.0748. The molecular weight excluding hydrogens is 322 g/mol. The minimum Gasteiger partial charge on any atom is -0.508 e. The number of benzene rings is 2. The van der Waals surface area contributed by atoms with Crippen molar-refractivity contribution in [2.75, 3.05) is 6.61 Å². The first-order valence-electron chi connectivity index (χ1n) is 7.32. The van der Waals surface area contributed by atoms with E-state index in [9.17, 15) is 20.3 Å². The number of ether oxygens (including phenoxy) is 1. The molecule has 0 aliphatic heterocycles. The molecule has 0 atom stereocenters. The van der Waals surface area contributed by atoms with Gasteiger partial charge in [0.05, 0.1) is 16.6 Å². The van der Waals surface area contributed by atoms with Crippen LogP contribution in [-0.2, 0) is 4.74 Å². The quantitative estimate of drug-likeness (QED) is 0.383. The third-order valence-corrected chi connectivity index (χ3v) is 3.45. The number of fused-ring (bicyclic) bond motifs is 1. The molecule has 25 heavy (non-hydrogen) atoms. The lowest BCUT2D eigenvalue weighted by molar-refractivity contribution is 0.0502. The summed E-state index contributed by atoms with van der Waals surface area (Å²) in [6, 6.07) is 14.7. The van der Waals surface area contributed by atoms with Gasteiger partial charge in [0.2, 0.25) is 0 Å². The average molecular weight is 335 g/mol. The van der Waals surface area contributed by atoms with Gasteiger partial charge in [-0.05, 0) is 30.3 Å². The predicted octanol–water partition coefficient (Wildman–Crippen LogP) is 2.92. The van der Waals surface area contributed by atoms with Gasteiger partial charge in [0, 0.05) is 0 Å². The normalized spacial score (nSPS) is 11.6. The molecule has 1 aromatic heterocycles. The van der Waals surface area contributed by atoms with Crippen molar-refractivity contribution < 1.29 is 19.7 Å². The first-order valence-corrected chi connectivity index (χ1v) is 7.32. The first kappa shape index (κ1) is 16.1.